The maximum Gasteiger partial charge on any atom is 0.407 e. The van der Waals surface area contributed by atoms with E-state index in [1.807, 2.05) is 0 Å². The Morgan fingerprint density at radius 3 is 2.37 bits per heavy atom. The highest BCUT2D eigenvalue weighted by Gasteiger charge is 2.23. The fourth-order valence-corrected chi connectivity index (χ4v) is 3.45. The Balaban J connectivity index is 2.22. The molecule has 0 bridgehead atoms. The SMILES string of the molecule is CCOC(=O)NCc1ccc(-c2sc(C(=O)O)c(OCC(=O)O)c2C)cc1. The highest BCUT2D eigenvalue weighted by Crippen LogP contribution is 2.41. The fourth-order valence-electron chi connectivity index (χ4n) is 2.35. The van der Waals surface area contributed by atoms with E-state index in [0.717, 1.165) is 22.5 Å². The Morgan fingerprint density at radius 1 is 1.15 bits per heavy atom. The van der Waals surface area contributed by atoms with Crippen molar-refractivity contribution in [3.8, 4) is 16.2 Å². The molecule has 0 fully saturated rings. The van der Waals surface area contributed by atoms with Crippen LogP contribution in [0.4, 0.5) is 4.79 Å². The first kappa shape index (κ1) is 20.2. The first-order chi connectivity index (χ1) is 12.8. The summed E-state index contributed by atoms with van der Waals surface area (Å²) in [6, 6.07) is 7.21. The number of aliphatic carboxylic acids is 1. The van der Waals surface area contributed by atoms with Crippen LogP contribution in [0, 0.1) is 6.92 Å². The minimum atomic E-state index is -1.18. The normalized spacial score (nSPS) is 10.3. The maximum absolute atomic E-state index is 11.5. The van der Waals surface area contributed by atoms with Gasteiger partial charge in [0.2, 0.25) is 0 Å². The van der Waals surface area contributed by atoms with Gasteiger partial charge >= 0.3 is 18.0 Å². The summed E-state index contributed by atoms with van der Waals surface area (Å²) in [7, 11) is 0. The number of carbonyl (C=O) groups excluding carboxylic acids is 1. The summed E-state index contributed by atoms with van der Waals surface area (Å²) in [5, 5.41) is 20.7. The minimum Gasteiger partial charge on any atom is -0.480 e. The van der Waals surface area contributed by atoms with E-state index in [1.165, 1.54) is 0 Å². The zero-order valence-corrected chi connectivity index (χ0v) is 15.6. The standard InChI is InChI=1S/C18H19NO7S/c1-3-25-18(24)19-8-11-4-6-12(7-5-11)15-10(2)14(26-9-13(20)21)16(27-15)17(22)23/h4-7H,3,8-9H2,1-2H3,(H,19,24)(H,20,21)(H,22,23). The van der Waals surface area contributed by atoms with Crippen molar-refractivity contribution in [2.75, 3.05) is 13.2 Å². The number of alkyl carbamates (subject to hydrolysis) is 1. The molecule has 27 heavy (non-hydrogen) atoms. The summed E-state index contributed by atoms with van der Waals surface area (Å²) < 4.78 is 9.96. The van der Waals surface area contributed by atoms with Crippen LogP contribution < -0.4 is 10.1 Å². The van der Waals surface area contributed by atoms with Crippen LogP contribution in [0.3, 0.4) is 0 Å². The largest absolute Gasteiger partial charge is 0.480 e. The Kier molecular flexibility index (Phi) is 6.78. The van der Waals surface area contributed by atoms with Gasteiger partial charge in [-0.05, 0) is 25.0 Å². The fraction of sp³-hybridized carbons (Fsp3) is 0.278. The lowest BCUT2D eigenvalue weighted by Gasteiger charge is -2.07. The van der Waals surface area contributed by atoms with Crippen molar-refractivity contribution in [1.82, 2.24) is 5.32 Å². The molecule has 0 radical (unpaired) electrons. The van der Waals surface area contributed by atoms with E-state index in [-0.39, 0.29) is 10.6 Å². The van der Waals surface area contributed by atoms with Gasteiger partial charge in [0.15, 0.2) is 11.5 Å². The molecule has 1 amide bonds. The van der Waals surface area contributed by atoms with E-state index >= 15 is 0 Å². The van der Waals surface area contributed by atoms with Crippen molar-refractivity contribution in [2.45, 2.75) is 20.4 Å². The number of nitrogens with one attached hydrogen (secondary N) is 1. The number of aromatic carboxylic acids is 1. The zero-order valence-electron chi connectivity index (χ0n) is 14.8. The van der Waals surface area contributed by atoms with Crippen LogP contribution in [0.2, 0.25) is 0 Å². The number of benzene rings is 1. The molecule has 1 aromatic heterocycles. The third-order valence-corrected chi connectivity index (χ3v) is 4.86. The van der Waals surface area contributed by atoms with E-state index in [0.29, 0.717) is 23.6 Å². The number of amides is 1. The zero-order chi connectivity index (χ0) is 20.0. The number of hydrogen-bond donors (Lipinski definition) is 3. The van der Waals surface area contributed by atoms with Crippen molar-refractivity contribution in [3.63, 3.8) is 0 Å². The van der Waals surface area contributed by atoms with Gasteiger partial charge in [-0.25, -0.2) is 14.4 Å². The van der Waals surface area contributed by atoms with E-state index in [2.05, 4.69) is 5.32 Å². The van der Waals surface area contributed by atoms with Gasteiger partial charge in [-0.1, -0.05) is 24.3 Å². The maximum atomic E-state index is 11.5. The molecular formula is C18H19NO7S. The summed E-state index contributed by atoms with van der Waals surface area (Å²) in [5.74, 6) is -2.29. The van der Waals surface area contributed by atoms with Crippen molar-refractivity contribution >= 4 is 29.4 Å². The van der Waals surface area contributed by atoms with Gasteiger partial charge in [0.1, 0.15) is 5.75 Å². The Bertz CT molecular complexity index is 842. The third kappa shape index (κ3) is 5.20. The molecule has 0 aliphatic carbocycles. The molecule has 0 saturated heterocycles. The van der Waals surface area contributed by atoms with Crippen LogP contribution in [0.1, 0.15) is 27.7 Å². The van der Waals surface area contributed by atoms with Gasteiger partial charge in [0.05, 0.1) is 6.61 Å². The molecule has 2 rings (SSSR count). The highest BCUT2D eigenvalue weighted by molar-refractivity contribution is 7.18. The van der Waals surface area contributed by atoms with Crippen LogP contribution >= 0.6 is 11.3 Å². The van der Waals surface area contributed by atoms with Crippen LogP contribution in [-0.2, 0) is 16.1 Å². The van der Waals surface area contributed by atoms with Crippen molar-refractivity contribution < 1.29 is 34.1 Å². The second-order valence-corrected chi connectivity index (χ2v) is 6.49. The second-order valence-electron chi connectivity index (χ2n) is 5.47. The number of carboxylic acids is 2. The van der Waals surface area contributed by atoms with Gasteiger partial charge in [-0.15, -0.1) is 11.3 Å². The number of rotatable bonds is 8. The summed E-state index contributed by atoms with van der Waals surface area (Å²) in [5.41, 5.74) is 2.18. The third-order valence-electron chi connectivity index (χ3n) is 3.55. The molecule has 0 saturated carbocycles. The monoisotopic (exact) mass is 393 g/mol. The predicted octanol–water partition coefficient (Wildman–Crippen LogP) is 3.13. The van der Waals surface area contributed by atoms with E-state index < -0.39 is 24.6 Å². The Labute approximate surface area is 159 Å². The minimum absolute atomic E-state index is 0.0446. The molecule has 0 aliphatic rings. The van der Waals surface area contributed by atoms with Crippen molar-refractivity contribution in [2.24, 2.45) is 0 Å². The topological polar surface area (TPSA) is 122 Å². The van der Waals surface area contributed by atoms with E-state index in [9.17, 15) is 19.5 Å². The molecule has 0 unspecified atom stereocenters. The predicted molar refractivity (Wildman–Crippen MR) is 98.4 cm³/mol. The second kappa shape index (κ2) is 9.04. The molecule has 9 heteroatoms. The number of carboxylic acid groups (broad SMARTS) is 2. The number of thiophene rings is 1. The molecule has 1 heterocycles. The van der Waals surface area contributed by atoms with Crippen LogP contribution in [0.15, 0.2) is 24.3 Å². The first-order valence-electron chi connectivity index (χ1n) is 8.04. The molecule has 0 aliphatic heterocycles. The molecule has 0 spiro atoms. The smallest absolute Gasteiger partial charge is 0.407 e. The van der Waals surface area contributed by atoms with Gasteiger partial charge in [0.25, 0.3) is 0 Å². The molecule has 2 aromatic rings. The van der Waals surface area contributed by atoms with Gasteiger partial charge in [-0.2, -0.15) is 0 Å². The number of carbonyl (C=O) groups is 3. The van der Waals surface area contributed by atoms with E-state index in [1.54, 1.807) is 38.1 Å². The Hall–Kier alpha value is -3.07. The highest BCUT2D eigenvalue weighted by atomic mass is 32.1. The van der Waals surface area contributed by atoms with Crippen LogP contribution in [0.5, 0.6) is 5.75 Å². The van der Waals surface area contributed by atoms with Gasteiger partial charge < -0.3 is 25.0 Å². The van der Waals surface area contributed by atoms with Gasteiger partial charge in [-0.3, -0.25) is 0 Å². The lowest BCUT2D eigenvalue weighted by Crippen LogP contribution is -2.23. The van der Waals surface area contributed by atoms with Crippen LogP contribution in [0.25, 0.3) is 10.4 Å². The quantitative estimate of drug-likeness (QED) is 0.630. The molecule has 144 valence electrons. The number of hydrogen-bond acceptors (Lipinski definition) is 6. The lowest BCUT2D eigenvalue weighted by atomic mass is 10.1. The van der Waals surface area contributed by atoms with E-state index in [4.69, 9.17) is 14.6 Å². The summed E-state index contributed by atoms with van der Waals surface area (Å²) in [6.07, 6.45) is -0.498. The molecule has 0 atom stereocenters. The molecule has 1 aromatic carbocycles. The molecule has 8 nitrogen and oxygen atoms in total. The lowest BCUT2D eigenvalue weighted by molar-refractivity contribution is -0.139. The average Bonchev–Trinajstić information content (AvgIpc) is 2.95. The van der Waals surface area contributed by atoms with Crippen LogP contribution in [-0.4, -0.2) is 41.5 Å². The first-order valence-corrected chi connectivity index (χ1v) is 8.86. The average molecular weight is 393 g/mol. The number of ether oxygens (including phenoxy) is 2. The van der Waals surface area contributed by atoms with Crippen molar-refractivity contribution in [3.05, 3.63) is 40.3 Å². The molecular weight excluding hydrogens is 374 g/mol. The summed E-state index contributed by atoms with van der Waals surface area (Å²) in [4.78, 5) is 34.1. The summed E-state index contributed by atoms with van der Waals surface area (Å²) in [6.45, 7) is 3.38. The Morgan fingerprint density at radius 2 is 1.81 bits per heavy atom. The molecule has 3 N–H and O–H groups in total. The van der Waals surface area contributed by atoms with Gasteiger partial charge in [0, 0.05) is 17.0 Å². The van der Waals surface area contributed by atoms with Crippen molar-refractivity contribution in [1.29, 1.82) is 0 Å². The summed E-state index contributed by atoms with van der Waals surface area (Å²) >= 11 is 1.02.